The predicted octanol–water partition coefficient (Wildman–Crippen LogP) is 13.1. The fourth-order valence-corrected chi connectivity index (χ4v) is 7.93. The highest BCUT2D eigenvalue weighted by Crippen LogP contribution is 2.47. The van der Waals surface area contributed by atoms with Gasteiger partial charge in [-0.05, 0) is 62.9 Å². The summed E-state index contributed by atoms with van der Waals surface area (Å²) in [4.78, 5) is 10.4. The van der Waals surface area contributed by atoms with E-state index in [0.717, 1.165) is 67.5 Å². The summed E-state index contributed by atoms with van der Waals surface area (Å²) in [5, 5.41) is 7.10. The van der Waals surface area contributed by atoms with E-state index in [1.807, 2.05) is 36.4 Å². The van der Waals surface area contributed by atoms with Crippen LogP contribution >= 0.6 is 0 Å². The van der Waals surface area contributed by atoms with Gasteiger partial charge in [0.05, 0.1) is 22.4 Å². The van der Waals surface area contributed by atoms with Crippen LogP contribution in [0.5, 0.6) is 0 Å². The van der Waals surface area contributed by atoms with Crippen molar-refractivity contribution in [2.45, 2.75) is 13.3 Å². The number of fused-ring (bicyclic) bond motifs is 6. The first kappa shape index (κ1) is 29.3. The zero-order valence-electron chi connectivity index (χ0n) is 28.1. The van der Waals surface area contributed by atoms with E-state index in [2.05, 4.69) is 134 Å². The van der Waals surface area contributed by atoms with Gasteiger partial charge < -0.3 is 4.42 Å². The van der Waals surface area contributed by atoms with Crippen molar-refractivity contribution in [3.05, 3.63) is 169 Å². The van der Waals surface area contributed by atoms with Crippen molar-refractivity contribution in [1.82, 2.24) is 9.97 Å². The molecule has 0 unspecified atom stereocenters. The first-order chi connectivity index (χ1) is 25.3. The fraction of sp³-hybridized carbons (Fsp3) is 0.0417. The van der Waals surface area contributed by atoms with E-state index in [4.69, 9.17) is 14.4 Å². The number of nitrogens with zero attached hydrogens (tertiary/aromatic N) is 2. The zero-order valence-corrected chi connectivity index (χ0v) is 28.1. The molecule has 0 saturated heterocycles. The molecule has 0 amide bonds. The third kappa shape index (κ3) is 4.66. The lowest BCUT2D eigenvalue weighted by Gasteiger charge is -2.19. The average Bonchev–Trinajstić information content (AvgIpc) is 3.59. The second kappa shape index (κ2) is 11.8. The van der Waals surface area contributed by atoms with Crippen LogP contribution in [0.25, 0.3) is 99.3 Å². The number of rotatable bonds is 5. The third-order valence-corrected chi connectivity index (χ3v) is 10.3. The molecule has 8 aromatic carbocycles. The molecule has 0 aliphatic carbocycles. The van der Waals surface area contributed by atoms with Crippen LogP contribution in [0.2, 0.25) is 0 Å². The molecule has 240 valence electrons. The summed E-state index contributed by atoms with van der Waals surface area (Å²) in [6.07, 6.45) is 0.855. The van der Waals surface area contributed by atoms with Gasteiger partial charge in [0.15, 0.2) is 0 Å². The number of hydrogen-bond acceptors (Lipinski definition) is 3. The topological polar surface area (TPSA) is 38.9 Å². The molecule has 2 heterocycles. The minimum atomic E-state index is 0.855. The molecule has 0 N–H and O–H groups in total. The molecule has 3 nitrogen and oxygen atoms in total. The Morgan fingerprint density at radius 3 is 1.69 bits per heavy atom. The Morgan fingerprint density at radius 1 is 0.431 bits per heavy atom. The molecule has 0 bridgehead atoms. The first-order valence-corrected chi connectivity index (χ1v) is 17.6. The highest BCUT2D eigenvalue weighted by molar-refractivity contribution is 6.24. The lowest BCUT2D eigenvalue weighted by molar-refractivity contribution is 0.670. The number of aromatic nitrogens is 2. The van der Waals surface area contributed by atoms with Crippen LogP contribution < -0.4 is 0 Å². The van der Waals surface area contributed by atoms with E-state index in [0.29, 0.717) is 0 Å². The molecular formula is C48H32N2O. The Morgan fingerprint density at radius 2 is 1.00 bits per heavy atom. The van der Waals surface area contributed by atoms with Crippen LogP contribution in [0.15, 0.2) is 168 Å². The van der Waals surface area contributed by atoms with Crippen molar-refractivity contribution >= 4 is 54.5 Å². The molecule has 0 radical (unpaired) electrons. The molecular weight excluding hydrogens is 621 g/mol. The summed E-state index contributed by atoms with van der Waals surface area (Å²) in [5.74, 6) is 0. The normalized spacial score (nSPS) is 11.7. The summed E-state index contributed by atoms with van der Waals surface area (Å²) in [6.45, 7) is 2.23. The van der Waals surface area contributed by atoms with Crippen molar-refractivity contribution in [3.63, 3.8) is 0 Å². The zero-order chi connectivity index (χ0) is 33.9. The van der Waals surface area contributed by atoms with E-state index in [-0.39, 0.29) is 0 Å². The van der Waals surface area contributed by atoms with Gasteiger partial charge in [-0.2, -0.15) is 0 Å². The highest BCUT2D eigenvalue weighted by atomic mass is 16.3. The molecule has 0 fully saturated rings. The van der Waals surface area contributed by atoms with Crippen LogP contribution in [-0.2, 0) is 6.42 Å². The monoisotopic (exact) mass is 652 g/mol. The van der Waals surface area contributed by atoms with Crippen LogP contribution in [0.4, 0.5) is 0 Å². The number of hydrogen-bond donors (Lipinski definition) is 0. The van der Waals surface area contributed by atoms with Crippen LogP contribution in [-0.4, -0.2) is 9.97 Å². The quantitative estimate of drug-likeness (QED) is 0.174. The Balaban J connectivity index is 1.22. The first-order valence-electron chi connectivity index (χ1n) is 17.6. The van der Waals surface area contributed by atoms with Crippen molar-refractivity contribution < 1.29 is 4.42 Å². The lowest BCUT2D eigenvalue weighted by atomic mass is 9.84. The van der Waals surface area contributed by atoms with Gasteiger partial charge >= 0.3 is 0 Å². The highest BCUT2D eigenvalue weighted by Gasteiger charge is 2.22. The van der Waals surface area contributed by atoms with E-state index in [1.165, 1.54) is 43.8 Å². The van der Waals surface area contributed by atoms with Crippen LogP contribution in [0.3, 0.4) is 0 Å². The summed E-state index contributed by atoms with van der Waals surface area (Å²) in [6, 6.07) is 57.9. The molecule has 0 aliphatic rings. The molecule has 0 spiro atoms. The van der Waals surface area contributed by atoms with Crippen LogP contribution in [0.1, 0.15) is 12.5 Å². The minimum Gasteiger partial charge on any atom is -0.455 e. The van der Waals surface area contributed by atoms with Gasteiger partial charge in [0.1, 0.15) is 11.2 Å². The van der Waals surface area contributed by atoms with Gasteiger partial charge in [-0.1, -0.05) is 153 Å². The molecule has 0 atom stereocenters. The standard InChI is InChI=1S/C48H32N2O/c1-2-30-29-32(27-28-33(30)47-46(31-15-4-3-5-16-31)49-41-24-11-12-25-42(41)50-47)44-35-18-6-8-20-37(35)45(38-21-9-7-19-36(38)44)40-23-14-22-39-34-17-10-13-26-43(34)51-48(39)40/h3-29H,2H2,1H3. The molecule has 51 heavy (non-hydrogen) atoms. The number of para-hydroxylation sites is 4. The second-order valence-corrected chi connectivity index (χ2v) is 13.1. The van der Waals surface area contributed by atoms with Crippen molar-refractivity contribution in [1.29, 1.82) is 0 Å². The molecule has 10 aromatic rings. The predicted molar refractivity (Wildman–Crippen MR) is 213 cm³/mol. The van der Waals surface area contributed by atoms with Gasteiger partial charge in [-0.25, -0.2) is 9.97 Å². The van der Waals surface area contributed by atoms with E-state index in [9.17, 15) is 0 Å². The summed E-state index contributed by atoms with van der Waals surface area (Å²) in [7, 11) is 0. The van der Waals surface area contributed by atoms with Gasteiger partial charge in [-0.15, -0.1) is 0 Å². The molecule has 3 heteroatoms. The van der Waals surface area contributed by atoms with Gasteiger partial charge in [0, 0.05) is 33.0 Å². The number of benzene rings is 8. The molecule has 2 aromatic heterocycles. The SMILES string of the molecule is CCc1cc(-c2c3ccccc3c(-c3cccc4c3oc3ccccc34)c3ccccc23)ccc1-c1nc2ccccc2nc1-c1ccccc1. The Hall–Kier alpha value is -6.58. The fourth-order valence-electron chi connectivity index (χ4n) is 7.93. The van der Waals surface area contributed by atoms with E-state index >= 15 is 0 Å². The molecule has 10 rings (SSSR count). The smallest absolute Gasteiger partial charge is 0.143 e. The maximum atomic E-state index is 6.59. The van der Waals surface area contributed by atoms with E-state index < -0.39 is 0 Å². The average molecular weight is 653 g/mol. The molecule has 0 aliphatic heterocycles. The lowest BCUT2D eigenvalue weighted by Crippen LogP contribution is -1.99. The summed E-state index contributed by atoms with van der Waals surface area (Å²) < 4.78 is 6.59. The van der Waals surface area contributed by atoms with Gasteiger partial charge in [0.25, 0.3) is 0 Å². The van der Waals surface area contributed by atoms with Gasteiger partial charge in [-0.3, -0.25) is 0 Å². The molecule has 0 saturated carbocycles. The Labute approximate surface area is 295 Å². The van der Waals surface area contributed by atoms with Crippen molar-refractivity contribution in [2.75, 3.05) is 0 Å². The third-order valence-electron chi connectivity index (χ3n) is 10.3. The minimum absolute atomic E-state index is 0.855. The summed E-state index contributed by atoms with van der Waals surface area (Å²) in [5.41, 5.74) is 13.6. The Kier molecular flexibility index (Phi) is 6.78. The Bertz CT molecular complexity index is 2900. The summed E-state index contributed by atoms with van der Waals surface area (Å²) >= 11 is 0. The van der Waals surface area contributed by atoms with Crippen molar-refractivity contribution in [2.24, 2.45) is 0 Å². The second-order valence-electron chi connectivity index (χ2n) is 13.1. The largest absolute Gasteiger partial charge is 0.455 e. The number of aryl methyl sites for hydroxylation is 1. The van der Waals surface area contributed by atoms with Crippen molar-refractivity contribution in [3.8, 4) is 44.8 Å². The maximum absolute atomic E-state index is 6.59. The van der Waals surface area contributed by atoms with Crippen LogP contribution in [0, 0.1) is 0 Å². The van der Waals surface area contributed by atoms with E-state index in [1.54, 1.807) is 0 Å². The van der Waals surface area contributed by atoms with Gasteiger partial charge in [0.2, 0.25) is 0 Å². The number of furan rings is 1. The maximum Gasteiger partial charge on any atom is 0.143 e.